The van der Waals surface area contributed by atoms with Crippen LogP contribution in [-0.2, 0) is 0 Å². The first-order valence-corrected chi connectivity index (χ1v) is 9.85. The Morgan fingerprint density at radius 2 is 1.97 bits per heavy atom. The Morgan fingerprint density at radius 3 is 2.76 bits per heavy atom. The van der Waals surface area contributed by atoms with Gasteiger partial charge in [-0.05, 0) is 60.3 Å². The second kappa shape index (κ2) is 6.72. The molecule has 0 saturated heterocycles. The Hall–Kier alpha value is -3.71. The quantitative estimate of drug-likeness (QED) is 0.424. The van der Waals surface area contributed by atoms with E-state index in [4.69, 9.17) is 5.10 Å². The van der Waals surface area contributed by atoms with Gasteiger partial charge in [0.1, 0.15) is 5.69 Å². The number of hydrogen-bond donors (Lipinski definition) is 2. The summed E-state index contributed by atoms with van der Waals surface area (Å²) in [7, 11) is 0. The number of aromatic carboxylic acids is 1. The lowest BCUT2D eigenvalue weighted by Crippen LogP contribution is -2.02. The highest BCUT2D eigenvalue weighted by Gasteiger charge is 2.12. The van der Waals surface area contributed by atoms with Crippen molar-refractivity contribution in [3.63, 3.8) is 0 Å². The van der Waals surface area contributed by atoms with Gasteiger partial charge in [0, 0.05) is 10.4 Å². The SMILES string of the molecule is Cc1cc(Nc2ccc3ncc(-c4cc5ccccc5s4)n3n2)ccc1C(=O)O. The molecule has 2 aromatic carbocycles. The van der Waals surface area contributed by atoms with Crippen molar-refractivity contribution in [2.45, 2.75) is 6.92 Å². The molecule has 29 heavy (non-hydrogen) atoms. The van der Waals surface area contributed by atoms with E-state index in [1.54, 1.807) is 36.5 Å². The zero-order chi connectivity index (χ0) is 20.0. The minimum absolute atomic E-state index is 0.292. The summed E-state index contributed by atoms with van der Waals surface area (Å²) in [6, 6.07) is 19.3. The van der Waals surface area contributed by atoms with Crippen molar-refractivity contribution in [3.05, 3.63) is 78.0 Å². The van der Waals surface area contributed by atoms with E-state index < -0.39 is 5.97 Å². The van der Waals surface area contributed by atoms with Gasteiger partial charge in [-0.1, -0.05) is 18.2 Å². The third-order valence-electron chi connectivity index (χ3n) is 4.77. The molecule has 6 nitrogen and oxygen atoms in total. The number of anilines is 2. The van der Waals surface area contributed by atoms with Crippen LogP contribution in [0.5, 0.6) is 0 Å². The predicted molar refractivity (Wildman–Crippen MR) is 115 cm³/mol. The molecule has 0 atom stereocenters. The van der Waals surface area contributed by atoms with E-state index in [1.165, 1.54) is 10.1 Å². The largest absolute Gasteiger partial charge is 0.478 e. The van der Waals surface area contributed by atoms with Crippen LogP contribution in [0, 0.1) is 6.92 Å². The highest BCUT2D eigenvalue weighted by Crippen LogP contribution is 2.33. The van der Waals surface area contributed by atoms with Crippen LogP contribution in [0.4, 0.5) is 11.5 Å². The highest BCUT2D eigenvalue weighted by atomic mass is 32.1. The van der Waals surface area contributed by atoms with Gasteiger partial charge in [0.05, 0.1) is 16.6 Å². The first-order valence-electron chi connectivity index (χ1n) is 9.03. The van der Waals surface area contributed by atoms with Crippen molar-refractivity contribution in [1.29, 1.82) is 0 Å². The van der Waals surface area contributed by atoms with E-state index in [-0.39, 0.29) is 0 Å². The highest BCUT2D eigenvalue weighted by molar-refractivity contribution is 7.22. The predicted octanol–water partition coefficient (Wildman–Crippen LogP) is 5.36. The van der Waals surface area contributed by atoms with Gasteiger partial charge in [0.2, 0.25) is 0 Å². The molecule has 0 fully saturated rings. The Balaban J connectivity index is 1.52. The summed E-state index contributed by atoms with van der Waals surface area (Å²) in [5.74, 6) is -0.277. The maximum absolute atomic E-state index is 11.2. The van der Waals surface area contributed by atoms with Crippen molar-refractivity contribution < 1.29 is 9.90 Å². The van der Waals surface area contributed by atoms with Crippen LogP contribution < -0.4 is 5.32 Å². The number of imidazole rings is 1. The number of aromatic nitrogens is 3. The second-order valence-electron chi connectivity index (χ2n) is 6.74. The fourth-order valence-corrected chi connectivity index (χ4v) is 4.40. The van der Waals surface area contributed by atoms with Crippen LogP contribution in [-0.4, -0.2) is 25.7 Å². The Labute approximate surface area is 170 Å². The number of carboxylic acids is 1. The number of rotatable bonds is 4. The average Bonchev–Trinajstić information content (AvgIpc) is 3.31. The number of carbonyl (C=O) groups is 1. The summed E-state index contributed by atoms with van der Waals surface area (Å²) in [5, 5.41) is 18.3. The Morgan fingerprint density at radius 1 is 1.10 bits per heavy atom. The molecule has 0 saturated carbocycles. The summed E-state index contributed by atoms with van der Waals surface area (Å²) < 4.78 is 3.05. The van der Waals surface area contributed by atoms with Gasteiger partial charge in [0.15, 0.2) is 11.5 Å². The third-order valence-corrected chi connectivity index (χ3v) is 5.91. The maximum atomic E-state index is 11.2. The summed E-state index contributed by atoms with van der Waals surface area (Å²) in [6.07, 6.45) is 1.84. The summed E-state index contributed by atoms with van der Waals surface area (Å²) in [6.45, 7) is 1.78. The molecular formula is C22H16N4O2S. The third kappa shape index (κ3) is 3.11. The van der Waals surface area contributed by atoms with Gasteiger partial charge in [-0.25, -0.2) is 14.3 Å². The average molecular weight is 400 g/mol. The van der Waals surface area contributed by atoms with E-state index >= 15 is 0 Å². The monoisotopic (exact) mass is 400 g/mol. The van der Waals surface area contributed by atoms with Crippen molar-refractivity contribution in [1.82, 2.24) is 14.6 Å². The molecule has 3 aromatic heterocycles. The molecule has 0 aliphatic rings. The molecule has 0 amide bonds. The van der Waals surface area contributed by atoms with Gasteiger partial charge in [0.25, 0.3) is 0 Å². The first kappa shape index (κ1) is 17.4. The fraction of sp³-hybridized carbons (Fsp3) is 0.0455. The molecule has 3 heterocycles. The van der Waals surface area contributed by atoms with Gasteiger partial charge in [-0.15, -0.1) is 16.4 Å². The van der Waals surface area contributed by atoms with Crippen molar-refractivity contribution in [2.75, 3.05) is 5.32 Å². The van der Waals surface area contributed by atoms with E-state index in [1.807, 2.05) is 35.0 Å². The molecular weight excluding hydrogens is 384 g/mol. The number of aryl methyl sites for hydroxylation is 1. The number of thiophene rings is 1. The topological polar surface area (TPSA) is 79.5 Å². The number of benzene rings is 2. The summed E-state index contributed by atoms with van der Waals surface area (Å²) in [5.41, 5.74) is 3.46. The molecule has 0 spiro atoms. The lowest BCUT2D eigenvalue weighted by atomic mass is 10.1. The summed E-state index contributed by atoms with van der Waals surface area (Å²) >= 11 is 1.71. The van der Waals surface area contributed by atoms with Gasteiger partial charge < -0.3 is 10.4 Å². The maximum Gasteiger partial charge on any atom is 0.335 e. The van der Waals surface area contributed by atoms with Crippen LogP contribution in [0.2, 0.25) is 0 Å². The van der Waals surface area contributed by atoms with E-state index in [2.05, 4.69) is 28.5 Å². The van der Waals surface area contributed by atoms with Gasteiger partial charge >= 0.3 is 5.97 Å². The van der Waals surface area contributed by atoms with Crippen LogP contribution in [0.3, 0.4) is 0 Å². The lowest BCUT2D eigenvalue weighted by Gasteiger charge is -2.09. The minimum atomic E-state index is -0.931. The van der Waals surface area contributed by atoms with Crippen molar-refractivity contribution >= 4 is 44.5 Å². The number of carboxylic acid groups (broad SMARTS) is 1. The zero-order valence-corrected chi connectivity index (χ0v) is 16.3. The van der Waals surface area contributed by atoms with E-state index in [0.717, 1.165) is 21.9 Å². The normalized spacial score (nSPS) is 11.2. The fourth-order valence-electron chi connectivity index (χ4n) is 3.35. The smallest absolute Gasteiger partial charge is 0.335 e. The van der Waals surface area contributed by atoms with Crippen molar-refractivity contribution in [2.24, 2.45) is 0 Å². The molecule has 0 unspecified atom stereocenters. The van der Waals surface area contributed by atoms with Crippen molar-refractivity contribution in [3.8, 4) is 10.6 Å². The lowest BCUT2D eigenvalue weighted by molar-refractivity contribution is 0.0696. The van der Waals surface area contributed by atoms with E-state index in [0.29, 0.717) is 16.9 Å². The minimum Gasteiger partial charge on any atom is -0.478 e. The Bertz CT molecular complexity index is 1350. The molecule has 5 rings (SSSR count). The summed E-state index contributed by atoms with van der Waals surface area (Å²) in [4.78, 5) is 16.8. The van der Waals surface area contributed by atoms with Crippen LogP contribution in [0.25, 0.3) is 26.3 Å². The van der Waals surface area contributed by atoms with E-state index in [9.17, 15) is 9.90 Å². The standard InChI is InChI=1S/C22H16N4O2S/c1-13-10-15(6-7-16(13)22(27)28)24-20-8-9-21-23-12-17(26(21)25-20)19-11-14-4-2-3-5-18(14)29-19/h2-12H,1H3,(H,24,25)(H,27,28). The molecule has 2 N–H and O–H groups in total. The number of fused-ring (bicyclic) bond motifs is 2. The second-order valence-corrected chi connectivity index (χ2v) is 7.82. The Kier molecular flexibility index (Phi) is 4.03. The molecule has 0 aliphatic heterocycles. The number of hydrogen-bond acceptors (Lipinski definition) is 5. The molecule has 7 heteroatoms. The van der Waals surface area contributed by atoms with Crippen LogP contribution in [0.15, 0.2) is 66.9 Å². The molecule has 5 aromatic rings. The van der Waals surface area contributed by atoms with Crippen LogP contribution in [0.1, 0.15) is 15.9 Å². The molecule has 0 bridgehead atoms. The molecule has 0 aliphatic carbocycles. The number of nitrogens with zero attached hydrogens (tertiary/aromatic N) is 3. The zero-order valence-electron chi connectivity index (χ0n) is 15.5. The number of nitrogens with one attached hydrogen (secondary N) is 1. The van der Waals surface area contributed by atoms with Crippen LogP contribution >= 0.6 is 11.3 Å². The van der Waals surface area contributed by atoms with Gasteiger partial charge in [-0.3, -0.25) is 0 Å². The van der Waals surface area contributed by atoms with Gasteiger partial charge in [-0.2, -0.15) is 0 Å². The molecule has 0 radical (unpaired) electrons. The molecule has 142 valence electrons. The first-order chi connectivity index (χ1) is 14.1.